The first-order valence-corrected chi connectivity index (χ1v) is 42.1. The number of rotatable bonds is 28. The lowest BCUT2D eigenvalue weighted by atomic mass is 9.98. The second kappa shape index (κ2) is 43.2. The number of carbonyl (C=O) groups excluding carboxylic acids is 4. The molecule has 0 bridgehead atoms. The highest BCUT2D eigenvalue weighted by atomic mass is 16.8. The Kier molecular flexibility index (Phi) is 29.8. The number of carboxylic acid groups (broad SMARTS) is 1. The molecular weight excluding hydrogens is 1710 g/mol. The SMILES string of the molecule is CCOC(=O)ON=C(N)c1ccccc1-c1ccc(Cn2c(OCC)nc3cccc(C(=O)OC)c32)cc1.CCOc1nc2cccc(C(=O)O)c2n1Cc1ccc(-c2ccccc2-c2noc(=O)[nH]2)cc1.CCOc1nc2cccc(C(=O)OC)c2n1Cc1ccc(-c2ccccc2-c2noc(=O)[nH]2)cc1.COC(=O)c1cccc(N)c1NCc1ccc(-c2ccccc2C#N)cc1. The van der Waals surface area contributed by atoms with Crippen LogP contribution in [0.5, 0.6) is 18.0 Å². The minimum Gasteiger partial charge on any atom is -0.478 e. The maximum absolute atomic E-state index is 12.4. The smallest absolute Gasteiger partial charge is 0.478 e. The predicted octanol–water partition coefficient (Wildman–Crippen LogP) is 17.4. The number of nitrogens with zero attached hydrogens (tertiary/aromatic N) is 10. The van der Waals surface area contributed by atoms with E-state index < -0.39 is 41.5 Å². The van der Waals surface area contributed by atoms with Crippen molar-refractivity contribution in [3.63, 3.8) is 0 Å². The number of nitrogens with two attached hydrogens (primary N) is 2. The topological polar surface area (TPSA) is 451 Å². The number of methoxy groups -OCH3 is 3. The van der Waals surface area contributed by atoms with E-state index in [1.165, 1.54) is 21.3 Å². The fourth-order valence-corrected chi connectivity index (χ4v) is 15.0. The second-order valence-electron chi connectivity index (χ2n) is 29.4. The third-order valence-electron chi connectivity index (χ3n) is 21.1. The van der Waals surface area contributed by atoms with Crippen molar-refractivity contribution < 1.29 is 76.1 Å². The largest absolute Gasteiger partial charge is 0.535 e. The van der Waals surface area contributed by atoms with Crippen LogP contribution in [0, 0.1) is 11.3 Å². The molecule has 0 unspecified atom stereocenters. The van der Waals surface area contributed by atoms with Gasteiger partial charge < -0.3 is 55.0 Å². The molecular formula is C101H89N15O18. The molecule has 0 saturated heterocycles. The molecule has 0 fully saturated rings. The van der Waals surface area contributed by atoms with Crippen LogP contribution in [-0.4, -0.2) is 138 Å². The van der Waals surface area contributed by atoms with E-state index in [1.807, 2.05) is 224 Å². The molecule has 33 nitrogen and oxygen atoms in total. The second-order valence-corrected chi connectivity index (χ2v) is 29.4. The van der Waals surface area contributed by atoms with Crippen LogP contribution in [-0.2, 0) is 50.0 Å². The van der Waals surface area contributed by atoms with Gasteiger partial charge in [0.05, 0.1) is 146 Å². The third-order valence-corrected chi connectivity index (χ3v) is 21.1. The summed E-state index contributed by atoms with van der Waals surface area (Å²) in [6.45, 7) is 10.5. The van der Waals surface area contributed by atoms with E-state index in [2.05, 4.69) is 60.8 Å². The van der Waals surface area contributed by atoms with Crippen LogP contribution >= 0.6 is 0 Å². The lowest BCUT2D eigenvalue weighted by Crippen LogP contribution is -2.16. The Balaban J connectivity index is 0.000000144. The van der Waals surface area contributed by atoms with Crippen molar-refractivity contribution in [2.45, 2.75) is 53.9 Å². The molecule has 0 spiro atoms. The Morgan fingerprint density at radius 1 is 0.433 bits per heavy atom. The van der Waals surface area contributed by atoms with Gasteiger partial charge in [-0.15, -0.1) is 0 Å². The number of fused-ring (bicyclic) bond motifs is 3. The first kappa shape index (κ1) is 92.2. The number of oxime groups is 1. The summed E-state index contributed by atoms with van der Waals surface area (Å²) in [5, 5.41) is 33.5. The molecule has 0 atom stereocenters. The number of benzene rings is 12. The van der Waals surface area contributed by atoms with Crippen LogP contribution in [0.3, 0.4) is 0 Å². The zero-order chi connectivity index (χ0) is 94.3. The predicted molar refractivity (Wildman–Crippen MR) is 502 cm³/mol. The summed E-state index contributed by atoms with van der Waals surface area (Å²) in [5.41, 5.74) is 32.1. The third kappa shape index (κ3) is 21.2. The molecule has 5 heterocycles. The lowest BCUT2D eigenvalue weighted by molar-refractivity contribution is 0.0593. The highest BCUT2D eigenvalue weighted by Gasteiger charge is 2.26. The molecule has 8 N–H and O–H groups in total. The molecule has 0 aliphatic heterocycles. The van der Waals surface area contributed by atoms with Gasteiger partial charge in [-0.05, 0) is 149 Å². The molecule has 5 aromatic heterocycles. The van der Waals surface area contributed by atoms with E-state index in [0.29, 0.717) is 148 Å². The molecule has 0 radical (unpaired) electrons. The number of hydrogen-bond acceptors (Lipinski definition) is 26. The molecule has 17 aromatic rings. The molecule has 0 saturated carbocycles. The number of aromatic amines is 2. The van der Waals surface area contributed by atoms with Crippen LogP contribution in [0.15, 0.2) is 291 Å². The Bertz CT molecular complexity index is 7310. The van der Waals surface area contributed by atoms with Crippen molar-refractivity contribution in [1.29, 1.82) is 5.26 Å². The van der Waals surface area contributed by atoms with E-state index in [9.17, 15) is 43.9 Å². The standard InChI is InChI=1S/C28H28N4O6.C26H22N4O5.C25H20N4O5.C22H19N3O2/c1-4-36-27-30-23-12-8-11-22(26(33)35-3)24(23)32(27)17-18-13-15-19(16-14-18)20-9-6-7-10-21(20)25(29)31-38-28(34)37-5-2;1-3-34-25-27-21-10-6-9-20(24(31)33-2)22(21)30(25)15-16-11-13-17(14-12-16)18-7-4-5-8-19(18)23-28-26(32)35-29-23;1-2-33-24-26-20-9-5-8-19(23(30)31)21(20)29(24)14-15-10-12-16(13-11-15)17-6-3-4-7-18(17)22-27-25(32)34-28-22;1-27-22(26)19-7-4-8-20(24)21(19)25-14-15-9-11-16(12-10-15)18-6-3-2-5-17(18)13-23/h6-16H,4-5,17H2,1-3H3,(H2,29,31);4-14H,3,15H2,1-2H3,(H,28,29,32);3-13H,2,14H2,1H3,(H,30,31)(H,27,28,32);2-12,25H,14,24H2,1H3. The number of nitriles is 1. The van der Waals surface area contributed by atoms with Gasteiger partial charge in [0, 0.05) is 23.2 Å². The maximum Gasteiger partial charge on any atom is 0.535 e. The summed E-state index contributed by atoms with van der Waals surface area (Å²) in [6.07, 6.45) is -0.925. The van der Waals surface area contributed by atoms with Crippen LogP contribution in [0.2, 0.25) is 0 Å². The van der Waals surface area contributed by atoms with Gasteiger partial charge in [-0.2, -0.15) is 20.2 Å². The Morgan fingerprint density at radius 3 is 1.20 bits per heavy atom. The summed E-state index contributed by atoms with van der Waals surface area (Å²) < 4.78 is 51.6. The van der Waals surface area contributed by atoms with Crippen molar-refractivity contribution in [2.75, 3.05) is 58.8 Å². The van der Waals surface area contributed by atoms with Gasteiger partial charge in [-0.3, -0.25) is 37.6 Å². The number of esters is 3. The van der Waals surface area contributed by atoms with E-state index in [4.69, 9.17) is 49.5 Å². The monoisotopic (exact) mass is 1800 g/mol. The van der Waals surface area contributed by atoms with Gasteiger partial charge in [0.15, 0.2) is 17.5 Å². The van der Waals surface area contributed by atoms with Crippen molar-refractivity contribution >= 4 is 80.3 Å². The molecule has 0 aliphatic rings. The number of imidazole rings is 3. The highest BCUT2D eigenvalue weighted by molar-refractivity contribution is 6.06. The minimum atomic E-state index is -1.02. The average molecular weight is 1800 g/mol. The molecule has 0 aliphatic carbocycles. The summed E-state index contributed by atoms with van der Waals surface area (Å²) >= 11 is 0. The first-order valence-electron chi connectivity index (χ1n) is 42.1. The van der Waals surface area contributed by atoms with E-state index >= 15 is 0 Å². The number of aromatic carboxylic acids is 1. The Morgan fingerprint density at radius 2 is 0.791 bits per heavy atom. The van der Waals surface area contributed by atoms with Crippen LogP contribution in [0.1, 0.15) is 103 Å². The van der Waals surface area contributed by atoms with Crippen molar-refractivity contribution in [1.82, 2.24) is 48.9 Å². The van der Waals surface area contributed by atoms with Crippen LogP contribution < -0.4 is 42.5 Å². The fourth-order valence-electron chi connectivity index (χ4n) is 15.0. The van der Waals surface area contributed by atoms with Gasteiger partial charge in [0.1, 0.15) is 0 Å². The zero-order valence-corrected chi connectivity index (χ0v) is 73.6. The number of carboxylic acids is 1. The number of anilines is 2. The number of ether oxygens (including phenoxy) is 7. The van der Waals surface area contributed by atoms with Crippen LogP contribution in [0.4, 0.5) is 16.2 Å². The highest BCUT2D eigenvalue weighted by Crippen LogP contribution is 2.37. The molecule has 17 rings (SSSR count). The van der Waals surface area contributed by atoms with Gasteiger partial charge in [-0.25, -0.2) is 33.6 Å². The molecule has 676 valence electrons. The quantitative estimate of drug-likeness (QED) is 0.00504. The number of carbonyl (C=O) groups is 5. The average Bonchev–Trinajstić information content (AvgIpc) is 1.63. The van der Waals surface area contributed by atoms with Crippen molar-refractivity contribution in [2.24, 2.45) is 10.9 Å². The molecule has 0 amide bonds. The minimum absolute atomic E-state index is 0.0410. The van der Waals surface area contributed by atoms with Gasteiger partial charge in [-0.1, -0.05) is 228 Å². The number of aromatic nitrogens is 10. The van der Waals surface area contributed by atoms with Crippen LogP contribution in [0.25, 0.3) is 100 Å². The molecule has 33 heteroatoms. The van der Waals surface area contributed by atoms with Gasteiger partial charge in [0.25, 0.3) is 18.0 Å². The Labute approximate surface area is 765 Å². The lowest BCUT2D eigenvalue weighted by Gasteiger charge is -2.13. The first-order chi connectivity index (χ1) is 65.2. The maximum atomic E-state index is 12.4. The van der Waals surface area contributed by atoms with E-state index in [1.54, 1.807) is 84.3 Å². The molecule has 12 aromatic carbocycles. The number of H-pyrrole nitrogens is 2. The Hall–Kier alpha value is -18.0. The summed E-state index contributed by atoms with van der Waals surface area (Å²) in [6, 6.07) is 85.9. The summed E-state index contributed by atoms with van der Waals surface area (Å²) in [4.78, 5) is 106. The zero-order valence-electron chi connectivity index (χ0n) is 73.6. The van der Waals surface area contributed by atoms with Gasteiger partial charge >= 0.3 is 41.5 Å². The number of amidine groups is 1. The normalized spacial score (nSPS) is 10.9. The number of para-hydroxylation sites is 4. The number of nitrogen functional groups attached to an aromatic ring is 1. The molecule has 134 heavy (non-hydrogen) atoms. The van der Waals surface area contributed by atoms with E-state index in [-0.39, 0.29) is 18.0 Å². The van der Waals surface area contributed by atoms with Crippen molar-refractivity contribution in [3.05, 3.63) is 344 Å². The van der Waals surface area contributed by atoms with Gasteiger partial charge in [0.2, 0.25) is 0 Å². The van der Waals surface area contributed by atoms with Crippen molar-refractivity contribution in [3.8, 4) is 91.4 Å². The summed E-state index contributed by atoms with van der Waals surface area (Å²) in [5.74, 6) is -2.78. The number of nitrogens with one attached hydrogen (secondary N) is 3. The van der Waals surface area contributed by atoms with E-state index in [0.717, 1.165) is 77.9 Å². The fraction of sp³-hybridized carbons (Fsp3) is 0.149. The number of hydrogen-bond donors (Lipinski definition) is 6. The summed E-state index contributed by atoms with van der Waals surface area (Å²) in [7, 11) is 4.05.